The minimum absolute atomic E-state index is 0.0957. The molecule has 0 unspecified atom stereocenters. The van der Waals surface area contributed by atoms with Crippen LogP contribution in [0.15, 0.2) is 45.8 Å². The molecule has 2 aliphatic heterocycles. The van der Waals surface area contributed by atoms with Crippen LogP contribution in [0.25, 0.3) is 12.2 Å². The summed E-state index contributed by atoms with van der Waals surface area (Å²) >= 11 is 0. The van der Waals surface area contributed by atoms with Crippen LogP contribution in [0.2, 0.25) is 0 Å². The number of amides is 1. The van der Waals surface area contributed by atoms with E-state index in [-0.39, 0.29) is 35.6 Å². The van der Waals surface area contributed by atoms with Crippen LogP contribution >= 0.6 is 0 Å². The fraction of sp³-hybridized carbons (Fsp3) is 0.438. The van der Waals surface area contributed by atoms with Gasteiger partial charge in [-0.2, -0.15) is 4.31 Å². The van der Waals surface area contributed by atoms with Crippen molar-refractivity contribution >= 4 is 33.8 Å². The Kier molecular flexibility index (Phi) is 8.75. The van der Waals surface area contributed by atoms with E-state index >= 15 is 0 Å². The second-order valence-corrected chi connectivity index (χ2v) is 13.1. The zero-order valence-corrected chi connectivity index (χ0v) is 25.9. The molecule has 0 aliphatic carbocycles. The van der Waals surface area contributed by atoms with Gasteiger partial charge in [0.2, 0.25) is 15.9 Å². The second-order valence-electron chi connectivity index (χ2n) is 11.3. The number of piperazine rings is 1. The van der Waals surface area contributed by atoms with Gasteiger partial charge in [-0.3, -0.25) is 4.79 Å². The van der Waals surface area contributed by atoms with E-state index in [1.807, 2.05) is 49.1 Å². The monoisotopic (exact) mass is 592 g/mol. The number of aromatic nitrogens is 1. The van der Waals surface area contributed by atoms with Crippen molar-refractivity contribution in [3.63, 3.8) is 0 Å². The van der Waals surface area contributed by atoms with Gasteiger partial charge in [-0.1, -0.05) is 41.1 Å². The average molecular weight is 593 g/mol. The first-order valence-corrected chi connectivity index (χ1v) is 15.9. The van der Waals surface area contributed by atoms with Crippen molar-refractivity contribution in [2.45, 2.75) is 45.4 Å². The third-order valence-electron chi connectivity index (χ3n) is 8.39. The summed E-state index contributed by atoms with van der Waals surface area (Å²) in [6.07, 6.45) is 4.56. The number of nitrogens with zero attached hydrogens (tertiary/aromatic N) is 4. The van der Waals surface area contributed by atoms with Gasteiger partial charge in [0, 0.05) is 45.2 Å². The lowest BCUT2D eigenvalue weighted by molar-refractivity contribution is -0.137. The summed E-state index contributed by atoms with van der Waals surface area (Å²) in [7, 11) is -2.18. The molecule has 224 valence electrons. The van der Waals surface area contributed by atoms with E-state index in [9.17, 15) is 13.2 Å². The molecule has 2 aromatic carbocycles. The summed E-state index contributed by atoms with van der Waals surface area (Å²) in [5, 5.41) is 3.99. The predicted octanol–water partition coefficient (Wildman–Crippen LogP) is 4.84. The smallest absolute Gasteiger partial charge is 0.248 e. The zero-order valence-electron chi connectivity index (χ0n) is 25.1. The minimum Gasteiger partial charge on any atom is -0.495 e. The van der Waals surface area contributed by atoms with E-state index in [0.717, 1.165) is 41.2 Å². The minimum atomic E-state index is -3.85. The van der Waals surface area contributed by atoms with Crippen molar-refractivity contribution in [1.29, 1.82) is 0 Å². The highest BCUT2D eigenvalue weighted by atomic mass is 32.2. The van der Waals surface area contributed by atoms with Crippen molar-refractivity contribution in [1.82, 2.24) is 14.4 Å². The van der Waals surface area contributed by atoms with E-state index in [1.165, 1.54) is 9.87 Å². The number of sulfonamides is 1. The maximum Gasteiger partial charge on any atom is 0.248 e. The summed E-state index contributed by atoms with van der Waals surface area (Å²) in [5.74, 6) is 0.968. The van der Waals surface area contributed by atoms with Crippen molar-refractivity contribution in [2.24, 2.45) is 5.92 Å². The van der Waals surface area contributed by atoms with Crippen LogP contribution in [0.3, 0.4) is 0 Å². The van der Waals surface area contributed by atoms with E-state index in [2.05, 4.69) is 29.1 Å². The molecule has 9 nitrogen and oxygen atoms in total. The number of methoxy groups -OCH3 is 1. The molecule has 0 atom stereocenters. The van der Waals surface area contributed by atoms with Crippen molar-refractivity contribution < 1.29 is 22.5 Å². The number of aryl methyl sites for hydroxylation is 4. The van der Waals surface area contributed by atoms with Gasteiger partial charge in [-0.15, -0.1) is 0 Å². The van der Waals surface area contributed by atoms with Crippen LogP contribution in [0, 0.1) is 33.6 Å². The van der Waals surface area contributed by atoms with Gasteiger partial charge in [0.25, 0.3) is 0 Å². The highest BCUT2D eigenvalue weighted by Crippen LogP contribution is 2.32. The number of anilines is 1. The number of benzene rings is 2. The highest BCUT2D eigenvalue weighted by molar-refractivity contribution is 7.89. The molecule has 2 fully saturated rings. The largest absolute Gasteiger partial charge is 0.495 e. The molecule has 0 saturated carbocycles. The Morgan fingerprint density at radius 3 is 2.24 bits per heavy atom. The summed E-state index contributed by atoms with van der Waals surface area (Å²) in [6.45, 7) is 11.1. The van der Waals surface area contributed by atoms with Gasteiger partial charge in [0.15, 0.2) is 10.7 Å². The molecule has 5 rings (SSSR count). The maximum absolute atomic E-state index is 13.8. The summed E-state index contributed by atoms with van der Waals surface area (Å²) in [6, 6.07) is 12.1. The number of carbonyl (C=O) groups is 1. The molecule has 0 spiro atoms. The molecule has 10 heteroatoms. The number of piperidine rings is 1. The van der Waals surface area contributed by atoms with Gasteiger partial charge in [-0.25, -0.2) is 8.42 Å². The van der Waals surface area contributed by atoms with E-state index in [0.29, 0.717) is 31.6 Å². The Morgan fingerprint density at radius 2 is 1.60 bits per heavy atom. The van der Waals surface area contributed by atoms with Crippen LogP contribution in [-0.4, -0.2) is 75.1 Å². The molecule has 0 radical (unpaired) electrons. The van der Waals surface area contributed by atoms with Crippen LogP contribution in [0.4, 0.5) is 5.69 Å². The van der Waals surface area contributed by atoms with Crippen LogP contribution in [-0.2, 0) is 14.8 Å². The molecular weight excluding hydrogens is 552 g/mol. The SMILES string of the molecule is COc1ccccc1N1CCN(C(=O)C2CCN(S(=O)(=O)c3c(C)noc3C=Cc3c(C)cc(C)cc3C)CC2)CC1. The number of rotatable bonds is 7. The molecule has 0 bridgehead atoms. The van der Waals surface area contributed by atoms with Gasteiger partial charge in [0.1, 0.15) is 11.4 Å². The summed E-state index contributed by atoms with van der Waals surface area (Å²) in [5.41, 5.74) is 5.79. The number of ether oxygens (including phenoxy) is 1. The quantitative estimate of drug-likeness (QED) is 0.388. The van der Waals surface area contributed by atoms with Crippen molar-refractivity contribution in [3.8, 4) is 5.75 Å². The topological polar surface area (TPSA) is 96.2 Å². The number of hydrogen-bond donors (Lipinski definition) is 0. The Labute approximate surface area is 248 Å². The normalized spacial score (nSPS) is 17.3. The predicted molar refractivity (Wildman–Crippen MR) is 164 cm³/mol. The third kappa shape index (κ3) is 5.96. The lowest BCUT2D eigenvalue weighted by Gasteiger charge is -2.39. The fourth-order valence-corrected chi connectivity index (χ4v) is 7.92. The van der Waals surface area contributed by atoms with Crippen LogP contribution < -0.4 is 9.64 Å². The Bertz CT molecular complexity index is 1560. The number of carbonyl (C=O) groups excluding carboxylic acids is 1. The van der Waals surface area contributed by atoms with Crippen LogP contribution in [0.5, 0.6) is 5.75 Å². The van der Waals surface area contributed by atoms with Gasteiger partial charge in [0.05, 0.1) is 12.8 Å². The lowest BCUT2D eigenvalue weighted by Crippen LogP contribution is -2.52. The maximum atomic E-state index is 13.8. The molecule has 1 aromatic heterocycles. The first-order chi connectivity index (χ1) is 20.1. The zero-order chi connectivity index (χ0) is 30.0. The Hall–Kier alpha value is -3.63. The standard InChI is InChI=1S/C32H40N4O5S/c1-22-20-23(2)27(24(3)21-22)10-11-30-31(25(4)33-41-30)42(38,39)36-14-12-26(13-15-36)32(37)35-18-16-34(17-19-35)28-8-6-7-9-29(28)40-5/h6-11,20-21,26H,12-19H2,1-5H3. The molecule has 2 aliphatic rings. The van der Waals surface area contributed by atoms with Gasteiger partial charge >= 0.3 is 0 Å². The number of para-hydroxylation sites is 2. The average Bonchev–Trinajstić information content (AvgIpc) is 3.37. The second kappa shape index (κ2) is 12.3. The van der Waals surface area contributed by atoms with Crippen LogP contribution in [0.1, 0.15) is 46.5 Å². The lowest BCUT2D eigenvalue weighted by atomic mass is 9.96. The third-order valence-corrected chi connectivity index (χ3v) is 10.4. The fourth-order valence-electron chi connectivity index (χ4n) is 6.20. The number of hydrogen-bond acceptors (Lipinski definition) is 7. The highest BCUT2D eigenvalue weighted by Gasteiger charge is 2.37. The van der Waals surface area contributed by atoms with E-state index in [1.54, 1.807) is 20.1 Å². The summed E-state index contributed by atoms with van der Waals surface area (Å²) in [4.78, 5) is 17.6. The van der Waals surface area contributed by atoms with E-state index < -0.39 is 10.0 Å². The van der Waals surface area contributed by atoms with E-state index in [4.69, 9.17) is 9.26 Å². The molecule has 2 saturated heterocycles. The van der Waals surface area contributed by atoms with Crippen molar-refractivity contribution in [2.75, 3.05) is 51.3 Å². The van der Waals surface area contributed by atoms with Crippen molar-refractivity contribution in [3.05, 3.63) is 70.1 Å². The first kappa shape index (κ1) is 29.8. The molecular formula is C32H40N4O5S. The molecule has 3 heterocycles. The summed E-state index contributed by atoms with van der Waals surface area (Å²) < 4.78 is 40.0. The molecule has 0 N–H and O–H groups in total. The van der Waals surface area contributed by atoms with Gasteiger partial charge in [-0.05, 0) is 75.4 Å². The van der Waals surface area contributed by atoms with Gasteiger partial charge < -0.3 is 19.1 Å². The first-order valence-electron chi connectivity index (χ1n) is 14.5. The Balaban J connectivity index is 1.22. The molecule has 42 heavy (non-hydrogen) atoms. The Morgan fingerprint density at radius 1 is 0.952 bits per heavy atom. The molecule has 3 aromatic rings. The molecule has 1 amide bonds.